The lowest BCUT2D eigenvalue weighted by Gasteiger charge is -2.15. The molecule has 0 aliphatic rings. The minimum atomic E-state index is -0.767. The van der Waals surface area contributed by atoms with Crippen LogP contribution in [0.2, 0.25) is 5.02 Å². The Balaban J connectivity index is 1.76. The van der Waals surface area contributed by atoms with Crippen LogP contribution >= 0.6 is 11.6 Å². The highest BCUT2D eigenvalue weighted by Crippen LogP contribution is 2.21. The summed E-state index contributed by atoms with van der Waals surface area (Å²) in [4.78, 5) is 23.8. The second-order valence-corrected chi connectivity index (χ2v) is 6.25. The van der Waals surface area contributed by atoms with Crippen LogP contribution in [0.1, 0.15) is 18.1 Å². The SMILES string of the molecule is Cc1cccc(OC(C)C(=O)NNC(=O)COc2ccc(Cl)cc2C)c1. The Kier molecular flexibility index (Phi) is 6.86. The first-order chi connectivity index (χ1) is 12.3. The first-order valence-electron chi connectivity index (χ1n) is 8.06. The van der Waals surface area contributed by atoms with E-state index in [2.05, 4.69) is 10.9 Å². The van der Waals surface area contributed by atoms with Gasteiger partial charge in [0.2, 0.25) is 0 Å². The number of hydrogen-bond donors (Lipinski definition) is 2. The van der Waals surface area contributed by atoms with Crippen molar-refractivity contribution in [1.29, 1.82) is 0 Å². The number of hydrazine groups is 1. The van der Waals surface area contributed by atoms with E-state index in [9.17, 15) is 9.59 Å². The van der Waals surface area contributed by atoms with E-state index in [0.29, 0.717) is 16.5 Å². The van der Waals surface area contributed by atoms with Crippen LogP contribution in [-0.4, -0.2) is 24.5 Å². The third-order valence-electron chi connectivity index (χ3n) is 3.49. The van der Waals surface area contributed by atoms with Crippen LogP contribution in [-0.2, 0) is 9.59 Å². The molecule has 26 heavy (non-hydrogen) atoms. The van der Waals surface area contributed by atoms with Crippen LogP contribution in [0.5, 0.6) is 11.5 Å². The number of rotatable bonds is 6. The van der Waals surface area contributed by atoms with Gasteiger partial charge in [-0.1, -0.05) is 23.7 Å². The van der Waals surface area contributed by atoms with Crippen LogP contribution in [0.25, 0.3) is 0 Å². The van der Waals surface area contributed by atoms with Gasteiger partial charge in [-0.3, -0.25) is 20.4 Å². The van der Waals surface area contributed by atoms with Crippen molar-refractivity contribution in [1.82, 2.24) is 10.9 Å². The zero-order valence-electron chi connectivity index (χ0n) is 14.8. The van der Waals surface area contributed by atoms with Crippen molar-refractivity contribution in [3.63, 3.8) is 0 Å². The van der Waals surface area contributed by atoms with Gasteiger partial charge in [-0.15, -0.1) is 0 Å². The first kappa shape index (κ1) is 19.6. The van der Waals surface area contributed by atoms with Gasteiger partial charge in [-0.2, -0.15) is 0 Å². The first-order valence-corrected chi connectivity index (χ1v) is 8.44. The molecule has 2 N–H and O–H groups in total. The van der Waals surface area contributed by atoms with E-state index in [1.54, 1.807) is 31.2 Å². The summed E-state index contributed by atoms with van der Waals surface area (Å²) in [6.07, 6.45) is -0.767. The van der Waals surface area contributed by atoms with E-state index in [-0.39, 0.29) is 6.61 Å². The number of carbonyl (C=O) groups is 2. The number of halogens is 1. The number of benzene rings is 2. The lowest BCUT2D eigenvalue weighted by Crippen LogP contribution is -2.48. The molecule has 138 valence electrons. The second-order valence-electron chi connectivity index (χ2n) is 5.81. The molecular formula is C19H21ClN2O4. The lowest BCUT2D eigenvalue weighted by molar-refractivity contribution is -0.133. The Morgan fingerprint density at radius 1 is 1.12 bits per heavy atom. The lowest BCUT2D eigenvalue weighted by atomic mass is 10.2. The van der Waals surface area contributed by atoms with Crippen molar-refractivity contribution in [3.8, 4) is 11.5 Å². The molecule has 2 aromatic carbocycles. The maximum Gasteiger partial charge on any atom is 0.279 e. The van der Waals surface area contributed by atoms with Gasteiger partial charge >= 0.3 is 0 Å². The average molecular weight is 377 g/mol. The Hall–Kier alpha value is -2.73. The predicted molar refractivity (Wildman–Crippen MR) is 99.2 cm³/mol. The van der Waals surface area contributed by atoms with Gasteiger partial charge in [-0.05, 0) is 62.2 Å². The molecule has 0 fully saturated rings. The van der Waals surface area contributed by atoms with E-state index in [1.807, 2.05) is 32.0 Å². The minimum Gasteiger partial charge on any atom is -0.483 e. The molecule has 0 aromatic heterocycles. The molecule has 0 spiro atoms. The summed E-state index contributed by atoms with van der Waals surface area (Å²) in [7, 11) is 0. The molecule has 2 aromatic rings. The largest absolute Gasteiger partial charge is 0.483 e. The Morgan fingerprint density at radius 2 is 1.88 bits per heavy atom. The molecule has 0 aliphatic heterocycles. The monoisotopic (exact) mass is 376 g/mol. The summed E-state index contributed by atoms with van der Waals surface area (Å²) in [5.74, 6) is 0.172. The number of ether oxygens (including phenoxy) is 2. The van der Waals surface area contributed by atoms with Gasteiger partial charge in [0, 0.05) is 5.02 Å². The van der Waals surface area contributed by atoms with Crippen LogP contribution in [0.15, 0.2) is 42.5 Å². The smallest absolute Gasteiger partial charge is 0.279 e. The van der Waals surface area contributed by atoms with Gasteiger partial charge in [0.25, 0.3) is 11.8 Å². The Bertz CT molecular complexity index is 795. The van der Waals surface area contributed by atoms with Gasteiger partial charge < -0.3 is 9.47 Å². The fourth-order valence-electron chi connectivity index (χ4n) is 2.13. The highest BCUT2D eigenvalue weighted by Gasteiger charge is 2.15. The quantitative estimate of drug-likeness (QED) is 0.760. The second kappa shape index (κ2) is 9.10. The van der Waals surface area contributed by atoms with E-state index in [0.717, 1.165) is 11.1 Å². The van der Waals surface area contributed by atoms with Crippen LogP contribution in [0, 0.1) is 13.8 Å². The number of amides is 2. The van der Waals surface area contributed by atoms with Gasteiger partial charge in [0.1, 0.15) is 11.5 Å². The topological polar surface area (TPSA) is 76.7 Å². The zero-order chi connectivity index (χ0) is 19.1. The highest BCUT2D eigenvalue weighted by molar-refractivity contribution is 6.30. The van der Waals surface area contributed by atoms with Crippen molar-refractivity contribution < 1.29 is 19.1 Å². The molecule has 7 heteroatoms. The number of nitrogens with one attached hydrogen (secondary N) is 2. The summed E-state index contributed by atoms with van der Waals surface area (Å²) in [5, 5.41) is 0.592. The van der Waals surface area contributed by atoms with Crippen LogP contribution in [0.3, 0.4) is 0 Å². The number of aryl methyl sites for hydroxylation is 2. The van der Waals surface area contributed by atoms with E-state index >= 15 is 0 Å². The minimum absolute atomic E-state index is 0.240. The average Bonchev–Trinajstić information content (AvgIpc) is 2.58. The molecule has 2 amide bonds. The highest BCUT2D eigenvalue weighted by atomic mass is 35.5. The maximum absolute atomic E-state index is 12.0. The summed E-state index contributed by atoms with van der Waals surface area (Å²) < 4.78 is 10.9. The molecule has 6 nitrogen and oxygen atoms in total. The summed E-state index contributed by atoms with van der Waals surface area (Å²) in [5.41, 5.74) is 6.44. The molecule has 1 unspecified atom stereocenters. The van der Waals surface area contributed by atoms with Crippen molar-refractivity contribution in [2.24, 2.45) is 0 Å². The third-order valence-corrected chi connectivity index (χ3v) is 3.73. The molecule has 0 radical (unpaired) electrons. The molecule has 0 saturated heterocycles. The van der Waals surface area contributed by atoms with Gasteiger partial charge in [0.05, 0.1) is 0 Å². The summed E-state index contributed by atoms with van der Waals surface area (Å²) in [6, 6.07) is 12.5. The fraction of sp³-hybridized carbons (Fsp3) is 0.263. The zero-order valence-corrected chi connectivity index (χ0v) is 15.6. The van der Waals surface area contributed by atoms with Crippen LogP contribution in [0.4, 0.5) is 0 Å². The number of hydrogen-bond acceptors (Lipinski definition) is 4. The van der Waals surface area contributed by atoms with E-state index < -0.39 is 17.9 Å². The summed E-state index contributed by atoms with van der Waals surface area (Å²) >= 11 is 5.87. The molecule has 1 atom stereocenters. The molecule has 0 aliphatic carbocycles. The third kappa shape index (κ3) is 5.97. The van der Waals surface area contributed by atoms with Crippen molar-refractivity contribution >= 4 is 23.4 Å². The van der Waals surface area contributed by atoms with E-state index in [1.165, 1.54) is 0 Å². The standard InChI is InChI=1S/C19H21ClN2O4/c1-12-5-4-6-16(9-12)26-14(3)19(24)22-21-18(23)11-25-17-8-7-15(20)10-13(17)2/h4-10,14H,11H2,1-3H3,(H,21,23)(H,22,24). The summed E-state index contributed by atoms with van der Waals surface area (Å²) in [6.45, 7) is 5.11. The molecule has 2 rings (SSSR count). The van der Waals surface area contributed by atoms with Gasteiger partial charge in [0.15, 0.2) is 12.7 Å². The molecule has 0 bridgehead atoms. The van der Waals surface area contributed by atoms with Crippen molar-refractivity contribution in [2.45, 2.75) is 26.9 Å². The maximum atomic E-state index is 12.0. The van der Waals surface area contributed by atoms with Crippen LogP contribution < -0.4 is 20.3 Å². The number of carbonyl (C=O) groups excluding carboxylic acids is 2. The predicted octanol–water partition coefficient (Wildman–Crippen LogP) is 2.95. The normalized spacial score (nSPS) is 11.4. The fourth-order valence-corrected chi connectivity index (χ4v) is 2.36. The molecule has 0 heterocycles. The van der Waals surface area contributed by atoms with Crippen molar-refractivity contribution in [2.75, 3.05) is 6.61 Å². The van der Waals surface area contributed by atoms with Crippen molar-refractivity contribution in [3.05, 3.63) is 58.6 Å². The van der Waals surface area contributed by atoms with Gasteiger partial charge in [-0.25, -0.2) is 0 Å². The molecule has 0 saturated carbocycles. The Morgan fingerprint density at radius 3 is 2.58 bits per heavy atom. The molecular weight excluding hydrogens is 356 g/mol. The van der Waals surface area contributed by atoms with E-state index in [4.69, 9.17) is 21.1 Å². The Labute approximate surface area is 157 Å².